The predicted octanol–water partition coefficient (Wildman–Crippen LogP) is 1.11. The van der Waals surface area contributed by atoms with Crippen molar-refractivity contribution >= 4 is 11.7 Å². The number of rotatable bonds is 3. The summed E-state index contributed by atoms with van der Waals surface area (Å²) >= 11 is 0. The maximum atomic E-state index is 11.4. The Bertz CT molecular complexity index is 278. The van der Waals surface area contributed by atoms with Crippen molar-refractivity contribution in [1.29, 1.82) is 0 Å². The Hall–Kier alpha value is -1.10. The van der Waals surface area contributed by atoms with Crippen molar-refractivity contribution in [2.75, 3.05) is 19.7 Å². The summed E-state index contributed by atoms with van der Waals surface area (Å²) in [6.45, 7) is 7.30. The van der Waals surface area contributed by atoms with Crippen LogP contribution in [0.15, 0.2) is 5.16 Å². The number of hydrogen-bond acceptors (Lipinski definition) is 5. The maximum Gasteiger partial charge on any atom is 0.320 e. The Morgan fingerprint density at radius 1 is 1.62 bits per heavy atom. The van der Waals surface area contributed by atoms with Gasteiger partial charge in [-0.15, -0.1) is 0 Å². The first kappa shape index (κ1) is 13.0. The van der Waals surface area contributed by atoms with Gasteiger partial charge in [-0.05, 0) is 13.8 Å². The molecule has 0 saturated carbocycles. The quantitative estimate of drug-likeness (QED) is 0.446. The van der Waals surface area contributed by atoms with Gasteiger partial charge in [0.25, 0.3) is 0 Å². The van der Waals surface area contributed by atoms with Crippen LogP contribution in [-0.2, 0) is 9.53 Å². The minimum Gasteiger partial charge on any atom is -0.465 e. The van der Waals surface area contributed by atoms with Crippen molar-refractivity contribution in [3.63, 3.8) is 0 Å². The van der Waals surface area contributed by atoms with Gasteiger partial charge in [0, 0.05) is 24.9 Å². The van der Waals surface area contributed by atoms with E-state index >= 15 is 0 Å². The average molecular weight is 228 g/mol. The van der Waals surface area contributed by atoms with E-state index in [0.29, 0.717) is 19.6 Å². The van der Waals surface area contributed by atoms with E-state index in [9.17, 15) is 4.79 Å². The van der Waals surface area contributed by atoms with Crippen molar-refractivity contribution < 1.29 is 14.7 Å². The highest BCUT2D eigenvalue weighted by atomic mass is 16.5. The first-order valence-corrected chi connectivity index (χ1v) is 5.69. The second kappa shape index (κ2) is 5.84. The topological polar surface area (TPSA) is 62.1 Å². The number of piperidine rings is 1. The second-order valence-electron chi connectivity index (χ2n) is 4.28. The van der Waals surface area contributed by atoms with Crippen molar-refractivity contribution in [3.05, 3.63) is 0 Å². The molecule has 0 aromatic rings. The van der Waals surface area contributed by atoms with E-state index in [4.69, 9.17) is 9.94 Å². The molecular formula is C11H20N2O3. The van der Waals surface area contributed by atoms with Gasteiger partial charge in [0.05, 0.1) is 18.9 Å². The molecule has 5 nitrogen and oxygen atoms in total. The molecule has 0 bridgehead atoms. The molecule has 2 atom stereocenters. The van der Waals surface area contributed by atoms with Crippen molar-refractivity contribution in [1.82, 2.24) is 4.90 Å². The Morgan fingerprint density at radius 2 is 2.31 bits per heavy atom. The van der Waals surface area contributed by atoms with Gasteiger partial charge < -0.3 is 9.94 Å². The SMILES string of the molecule is CCOC(=O)CN1CC(C)/C(=N/O)CC1C. The largest absolute Gasteiger partial charge is 0.465 e. The van der Waals surface area contributed by atoms with Gasteiger partial charge in [-0.2, -0.15) is 0 Å². The van der Waals surface area contributed by atoms with Crippen molar-refractivity contribution in [2.24, 2.45) is 11.1 Å². The van der Waals surface area contributed by atoms with Gasteiger partial charge in [-0.3, -0.25) is 9.69 Å². The average Bonchev–Trinajstić information content (AvgIpc) is 2.23. The fraction of sp³-hybridized carbons (Fsp3) is 0.818. The molecule has 5 heteroatoms. The first-order chi connectivity index (χ1) is 7.58. The van der Waals surface area contributed by atoms with Crippen LogP contribution < -0.4 is 0 Å². The molecule has 1 aliphatic heterocycles. The van der Waals surface area contributed by atoms with Crippen LogP contribution in [-0.4, -0.2) is 47.5 Å². The number of carbonyl (C=O) groups excluding carboxylic acids is 1. The number of esters is 1. The summed E-state index contributed by atoms with van der Waals surface area (Å²) in [5, 5.41) is 12.1. The molecular weight excluding hydrogens is 208 g/mol. The molecule has 16 heavy (non-hydrogen) atoms. The lowest BCUT2D eigenvalue weighted by atomic mass is 9.93. The zero-order valence-corrected chi connectivity index (χ0v) is 10.1. The maximum absolute atomic E-state index is 11.4. The standard InChI is InChI=1S/C11H20N2O3/c1-4-16-11(14)7-13-6-8(2)10(12-15)5-9(13)3/h8-9,15H,4-7H2,1-3H3/b12-10+. The van der Waals surface area contributed by atoms with Gasteiger partial charge in [0.15, 0.2) is 0 Å². The van der Waals surface area contributed by atoms with E-state index in [1.165, 1.54) is 0 Å². The molecule has 0 amide bonds. The third kappa shape index (κ3) is 3.20. The summed E-state index contributed by atoms with van der Waals surface area (Å²) in [7, 11) is 0. The highest BCUT2D eigenvalue weighted by molar-refractivity contribution is 5.87. The van der Waals surface area contributed by atoms with Crippen molar-refractivity contribution in [3.8, 4) is 0 Å². The smallest absolute Gasteiger partial charge is 0.320 e. The van der Waals surface area contributed by atoms with E-state index in [1.54, 1.807) is 6.92 Å². The molecule has 0 aromatic carbocycles. The summed E-state index contributed by atoms with van der Waals surface area (Å²) in [6.07, 6.45) is 0.705. The van der Waals surface area contributed by atoms with Gasteiger partial charge in [0.2, 0.25) is 0 Å². The zero-order chi connectivity index (χ0) is 12.1. The van der Waals surface area contributed by atoms with Gasteiger partial charge in [-0.25, -0.2) is 0 Å². The monoisotopic (exact) mass is 228 g/mol. The van der Waals surface area contributed by atoms with Crippen LogP contribution in [0.25, 0.3) is 0 Å². The molecule has 1 aliphatic rings. The fourth-order valence-corrected chi connectivity index (χ4v) is 2.00. The highest BCUT2D eigenvalue weighted by Crippen LogP contribution is 2.19. The molecule has 0 radical (unpaired) electrons. The van der Waals surface area contributed by atoms with Gasteiger partial charge >= 0.3 is 5.97 Å². The van der Waals surface area contributed by atoms with Crippen LogP contribution in [0.2, 0.25) is 0 Å². The number of ether oxygens (including phenoxy) is 1. The zero-order valence-electron chi connectivity index (χ0n) is 10.1. The van der Waals surface area contributed by atoms with Crippen LogP contribution in [0, 0.1) is 5.92 Å². The molecule has 0 spiro atoms. The Kier molecular flexibility index (Phi) is 4.73. The van der Waals surface area contributed by atoms with E-state index in [-0.39, 0.29) is 17.9 Å². The molecule has 1 N–H and O–H groups in total. The van der Waals surface area contributed by atoms with Crippen LogP contribution in [0.3, 0.4) is 0 Å². The van der Waals surface area contributed by atoms with Crippen LogP contribution in [0.4, 0.5) is 0 Å². The molecule has 1 fully saturated rings. The molecule has 92 valence electrons. The molecule has 0 aromatic heterocycles. The first-order valence-electron chi connectivity index (χ1n) is 5.69. The number of likely N-dealkylation sites (tertiary alicyclic amines) is 1. The molecule has 1 saturated heterocycles. The normalized spacial score (nSPS) is 29.3. The molecule has 1 heterocycles. The lowest BCUT2D eigenvalue weighted by Gasteiger charge is -2.36. The lowest BCUT2D eigenvalue weighted by Crippen LogP contribution is -2.47. The van der Waals surface area contributed by atoms with Crippen LogP contribution in [0.1, 0.15) is 27.2 Å². The molecule has 0 aliphatic carbocycles. The fourth-order valence-electron chi connectivity index (χ4n) is 2.00. The van der Waals surface area contributed by atoms with Crippen LogP contribution in [0.5, 0.6) is 0 Å². The van der Waals surface area contributed by atoms with E-state index in [1.807, 2.05) is 13.8 Å². The second-order valence-corrected chi connectivity index (χ2v) is 4.28. The number of nitrogens with zero attached hydrogens (tertiary/aromatic N) is 2. The Labute approximate surface area is 96.1 Å². The summed E-state index contributed by atoms with van der Waals surface area (Å²) in [4.78, 5) is 13.4. The third-order valence-electron chi connectivity index (χ3n) is 2.97. The van der Waals surface area contributed by atoms with Gasteiger partial charge in [-0.1, -0.05) is 12.1 Å². The van der Waals surface area contributed by atoms with E-state index in [2.05, 4.69) is 10.1 Å². The predicted molar refractivity (Wildman–Crippen MR) is 60.7 cm³/mol. The van der Waals surface area contributed by atoms with Crippen LogP contribution >= 0.6 is 0 Å². The Morgan fingerprint density at radius 3 is 2.88 bits per heavy atom. The molecule has 2 unspecified atom stereocenters. The van der Waals surface area contributed by atoms with E-state index < -0.39 is 0 Å². The number of hydrogen-bond donors (Lipinski definition) is 1. The van der Waals surface area contributed by atoms with Crippen molar-refractivity contribution in [2.45, 2.75) is 33.2 Å². The Balaban J connectivity index is 2.53. The minimum atomic E-state index is -0.189. The van der Waals surface area contributed by atoms with Gasteiger partial charge in [0.1, 0.15) is 0 Å². The van der Waals surface area contributed by atoms with E-state index in [0.717, 1.165) is 12.3 Å². The molecule has 1 rings (SSSR count). The lowest BCUT2D eigenvalue weighted by molar-refractivity contribution is -0.145. The summed E-state index contributed by atoms with van der Waals surface area (Å²) in [5.41, 5.74) is 0.813. The third-order valence-corrected chi connectivity index (χ3v) is 2.97. The summed E-state index contributed by atoms with van der Waals surface area (Å²) < 4.78 is 4.92. The number of oxime groups is 1. The number of carbonyl (C=O) groups is 1. The highest BCUT2D eigenvalue weighted by Gasteiger charge is 2.29. The summed E-state index contributed by atoms with van der Waals surface area (Å²) in [6, 6.07) is 0.214. The summed E-state index contributed by atoms with van der Waals surface area (Å²) in [5.74, 6) is 0.00145. The minimum absolute atomic E-state index is 0.189.